The minimum Gasteiger partial charge on any atom is -0.335 e. The normalized spacial score (nSPS) is 12.1. The van der Waals surface area contributed by atoms with Crippen LogP contribution in [0.4, 0.5) is 5.69 Å². The Kier molecular flexibility index (Phi) is 8.48. The zero-order chi connectivity index (χ0) is 20.7. The Morgan fingerprint density at radius 2 is 1.89 bits per heavy atom. The second-order valence-corrected chi connectivity index (χ2v) is 8.50. The molecule has 2 aromatic rings. The molecular formula is C21H28ClN3O2S. The van der Waals surface area contributed by atoms with E-state index in [4.69, 9.17) is 11.6 Å². The maximum Gasteiger partial charge on any atom is 0.243 e. The first-order valence-electron chi connectivity index (χ1n) is 9.46. The highest BCUT2D eigenvalue weighted by molar-refractivity contribution is 7.16. The fourth-order valence-electron chi connectivity index (χ4n) is 3.07. The van der Waals surface area contributed by atoms with Crippen molar-refractivity contribution in [2.75, 3.05) is 25.5 Å². The van der Waals surface area contributed by atoms with E-state index in [0.29, 0.717) is 6.54 Å². The van der Waals surface area contributed by atoms with Crippen molar-refractivity contribution in [1.29, 1.82) is 0 Å². The summed E-state index contributed by atoms with van der Waals surface area (Å²) in [6.07, 6.45) is 0.834. The number of hydrogen-bond acceptors (Lipinski definition) is 4. The van der Waals surface area contributed by atoms with Crippen molar-refractivity contribution in [2.24, 2.45) is 0 Å². The predicted molar refractivity (Wildman–Crippen MR) is 117 cm³/mol. The number of thiophene rings is 1. The van der Waals surface area contributed by atoms with Crippen LogP contribution in [0.1, 0.15) is 31.2 Å². The van der Waals surface area contributed by atoms with Gasteiger partial charge >= 0.3 is 0 Å². The minimum absolute atomic E-state index is 0.0175. The van der Waals surface area contributed by atoms with Gasteiger partial charge in [-0.05, 0) is 43.7 Å². The average molecular weight is 422 g/mol. The molecule has 1 aromatic carbocycles. The molecule has 2 amide bonds. The summed E-state index contributed by atoms with van der Waals surface area (Å²) in [5.74, 6) is -0.277. The number of carbonyl (C=O) groups excluding carboxylic acids is 2. The quantitative estimate of drug-likeness (QED) is 0.657. The summed E-state index contributed by atoms with van der Waals surface area (Å²) in [5, 5.41) is 2.91. The van der Waals surface area contributed by atoms with Gasteiger partial charge in [-0.25, -0.2) is 0 Å². The summed E-state index contributed by atoms with van der Waals surface area (Å²) in [6, 6.07) is 11.2. The van der Waals surface area contributed by atoms with Gasteiger partial charge in [0.15, 0.2) is 0 Å². The topological polar surface area (TPSA) is 52.7 Å². The fourth-order valence-corrected chi connectivity index (χ4v) is 4.18. The minimum atomic E-state index is -0.327. The zero-order valence-electron chi connectivity index (χ0n) is 16.9. The first-order chi connectivity index (χ1) is 13.3. The highest BCUT2D eigenvalue weighted by atomic mass is 35.5. The van der Waals surface area contributed by atoms with E-state index in [1.807, 2.05) is 57.2 Å². The van der Waals surface area contributed by atoms with Crippen molar-refractivity contribution in [3.8, 4) is 0 Å². The Morgan fingerprint density at radius 1 is 1.18 bits per heavy atom. The van der Waals surface area contributed by atoms with Gasteiger partial charge < -0.3 is 10.2 Å². The lowest BCUT2D eigenvalue weighted by Crippen LogP contribution is -2.47. The lowest BCUT2D eigenvalue weighted by Gasteiger charge is -2.29. The van der Waals surface area contributed by atoms with Crippen LogP contribution in [-0.2, 0) is 22.6 Å². The summed E-state index contributed by atoms with van der Waals surface area (Å²) < 4.78 is 0.742. The second-order valence-electron chi connectivity index (χ2n) is 6.70. The maximum absolute atomic E-state index is 12.8. The monoisotopic (exact) mass is 421 g/mol. The smallest absolute Gasteiger partial charge is 0.243 e. The first kappa shape index (κ1) is 22.4. The summed E-state index contributed by atoms with van der Waals surface area (Å²) in [4.78, 5) is 29.9. The van der Waals surface area contributed by atoms with Crippen LogP contribution >= 0.6 is 22.9 Å². The van der Waals surface area contributed by atoms with Crippen LogP contribution in [0.2, 0.25) is 4.34 Å². The van der Waals surface area contributed by atoms with Gasteiger partial charge in [-0.2, -0.15) is 0 Å². The predicted octanol–water partition coefficient (Wildman–Crippen LogP) is 4.27. The van der Waals surface area contributed by atoms with Crippen LogP contribution in [0.3, 0.4) is 0 Å². The van der Waals surface area contributed by atoms with Crippen molar-refractivity contribution in [2.45, 2.75) is 39.8 Å². The van der Waals surface area contributed by atoms with Crippen molar-refractivity contribution in [3.63, 3.8) is 0 Å². The molecule has 0 aliphatic carbocycles. The van der Waals surface area contributed by atoms with E-state index in [9.17, 15) is 9.59 Å². The maximum atomic E-state index is 12.8. The third-order valence-corrected chi connectivity index (χ3v) is 5.94. The van der Waals surface area contributed by atoms with Gasteiger partial charge in [-0.3, -0.25) is 14.5 Å². The number of carbonyl (C=O) groups is 2. The third-order valence-electron chi connectivity index (χ3n) is 4.73. The largest absolute Gasteiger partial charge is 0.335 e. The molecule has 0 fully saturated rings. The van der Waals surface area contributed by atoms with E-state index in [-0.39, 0.29) is 24.4 Å². The molecule has 1 N–H and O–H groups in total. The Balaban J connectivity index is 1.95. The van der Waals surface area contributed by atoms with Crippen molar-refractivity contribution in [1.82, 2.24) is 9.80 Å². The molecule has 152 valence electrons. The van der Waals surface area contributed by atoms with E-state index >= 15 is 0 Å². The van der Waals surface area contributed by atoms with Crippen molar-refractivity contribution < 1.29 is 9.59 Å². The van der Waals surface area contributed by atoms with E-state index in [1.165, 1.54) is 16.2 Å². The van der Waals surface area contributed by atoms with Crippen LogP contribution in [0, 0.1) is 0 Å². The fraction of sp³-hybridized carbons (Fsp3) is 0.429. The number of halogens is 1. The van der Waals surface area contributed by atoms with Gasteiger partial charge in [-0.1, -0.05) is 43.6 Å². The van der Waals surface area contributed by atoms with Crippen LogP contribution in [0.25, 0.3) is 0 Å². The SMILES string of the molecule is CCc1ccccc1NC(=O)CN(C)C(=O)C(C)N(CC)Cc1ccc(Cl)s1. The van der Waals surface area contributed by atoms with Crippen LogP contribution in [0.5, 0.6) is 0 Å². The number of rotatable bonds is 9. The average Bonchev–Trinajstić information content (AvgIpc) is 3.10. The van der Waals surface area contributed by atoms with Crippen LogP contribution in [0.15, 0.2) is 36.4 Å². The Morgan fingerprint density at radius 3 is 2.50 bits per heavy atom. The summed E-state index contributed by atoms with van der Waals surface area (Å²) in [6.45, 7) is 7.35. The molecule has 0 saturated carbocycles. The molecule has 1 atom stereocenters. The van der Waals surface area contributed by atoms with Gasteiger partial charge in [-0.15, -0.1) is 11.3 Å². The number of hydrogen-bond donors (Lipinski definition) is 1. The van der Waals surface area contributed by atoms with E-state index in [1.54, 1.807) is 7.05 Å². The molecule has 7 heteroatoms. The van der Waals surface area contributed by atoms with Crippen molar-refractivity contribution >= 4 is 40.4 Å². The highest BCUT2D eigenvalue weighted by Gasteiger charge is 2.25. The summed E-state index contributed by atoms with van der Waals surface area (Å²) in [7, 11) is 1.67. The van der Waals surface area contributed by atoms with Crippen molar-refractivity contribution in [3.05, 3.63) is 51.2 Å². The number of likely N-dealkylation sites (N-methyl/N-ethyl adjacent to an activating group) is 2. The number of nitrogens with one attached hydrogen (secondary N) is 1. The Hall–Kier alpha value is -1.89. The highest BCUT2D eigenvalue weighted by Crippen LogP contribution is 2.23. The van der Waals surface area contributed by atoms with E-state index < -0.39 is 0 Å². The second kappa shape index (κ2) is 10.6. The molecule has 5 nitrogen and oxygen atoms in total. The molecule has 0 aliphatic rings. The Bertz CT molecular complexity index is 808. The van der Waals surface area contributed by atoms with Crippen LogP contribution in [-0.4, -0.2) is 47.8 Å². The number of nitrogens with zero attached hydrogens (tertiary/aromatic N) is 2. The molecule has 0 saturated heterocycles. The number of amides is 2. The number of benzene rings is 1. The summed E-state index contributed by atoms with van der Waals surface area (Å²) in [5.41, 5.74) is 1.87. The first-order valence-corrected chi connectivity index (χ1v) is 10.7. The Labute approximate surface area is 176 Å². The number of para-hydroxylation sites is 1. The van der Waals surface area contributed by atoms with E-state index in [2.05, 4.69) is 10.2 Å². The molecule has 2 rings (SSSR count). The number of anilines is 1. The van der Waals surface area contributed by atoms with Gasteiger partial charge in [0.1, 0.15) is 0 Å². The molecule has 0 spiro atoms. The molecule has 0 bridgehead atoms. The molecule has 28 heavy (non-hydrogen) atoms. The van der Waals surface area contributed by atoms with Gasteiger partial charge in [0.25, 0.3) is 0 Å². The van der Waals surface area contributed by atoms with Gasteiger partial charge in [0.2, 0.25) is 11.8 Å². The molecule has 1 unspecified atom stereocenters. The number of aryl methyl sites for hydroxylation is 1. The molecule has 0 radical (unpaired) electrons. The summed E-state index contributed by atoms with van der Waals surface area (Å²) >= 11 is 7.52. The third kappa shape index (κ3) is 6.06. The van der Waals surface area contributed by atoms with Crippen LogP contribution < -0.4 is 5.32 Å². The van der Waals surface area contributed by atoms with E-state index in [0.717, 1.165) is 33.4 Å². The van der Waals surface area contributed by atoms with Gasteiger partial charge in [0.05, 0.1) is 16.9 Å². The lowest BCUT2D eigenvalue weighted by atomic mass is 10.1. The molecule has 1 heterocycles. The van der Waals surface area contributed by atoms with Gasteiger partial charge in [0, 0.05) is 24.2 Å². The molecular weight excluding hydrogens is 394 g/mol. The standard InChI is InChI=1S/C21H28ClN3O2S/c1-5-16-9-7-8-10-18(16)23-20(26)14-24(4)21(27)15(3)25(6-2)13-17-11-12-19(22)28-17/h7-12,15H,5-6,13-14H2,1-4H3,(H,23,26). The molecule has 1 aromatic heterocycles. The lowest BCUT2D eigenvalue weighted by molar-refractivity contribution is -0.137. The molecule has 0 aliphatic heterocycles. The zero-order valence-corrected chi connectivity index (χ0v) is 18.4.